The lowest BCUT2D eigenvalue weighted by molar-refractivity contribution is 0.263. The van der Waals surface area contributed by atoms with Gasteiger partial charge in [0, 0.05) is 5.56 Å². The Labute approximate surface area is 61.7 Å². The molecule has 0 heterocycles. The molecule has 2 atom stereocenters. The van der Waals surface area contributed by atoms with Gasteiger partial charge >= 0.3 is 0 Å². The number of benzene rings is 1. The van der Waals surface area contributed by atoms with E-state index in [1.54, 1.807) is 24.3 Å². The predicted molar refractivity (Wildman–Crippen MR) is 42.8 cm³/mol. The lowest BCUT2D eigenvalue weighted by Crippen LogP contribution is -1.86. The minimum absolute atomic E-state index is 0.130. The van der Waals surface area contributed by atoms with Gasteiger partial charge in [-0.15, -0.1) is 9.24 Å². The second-order valence-corrected chi connectivity index (χ2v) is 2.64. The summed E-state index contributed by atoms with van der Waals surface area (Å²) in [5.41, 5.74) is 0.535. The summed E-state index contributed by atoms with van der Waals surface area (Å²) in [5, 5.41) is 18.1. The summed E-state index contributed by atoms with van der Waals surface area (Å²) in [4.78, 5) is 0. The highest BCUT2D eigenvalue weighted by Crippen LogP contribution is 2.27. The van der Waals surface area contributed by atoms with Crippen LogP contribution in [0.25, 0.3) is 0 Å². The molecule has 1 aromatic carbocycles. The normalized spacial score (nSPS) is 13.0. The molecular weight excluding hydrogens is 147 g/mol. The van der Waals surface area contributed by atoms with Crippen molar-refractivity contribution in [3.63, 3.8) is 0 Å². The molecule has 2 nitrogen and oxygen atoms in total. The van der Waals surface area contributed by atoms with Crippen LogP contribution < -0.4 is 0 Å². The zero-order chi connectivity index (χ0) is 7.56. The van der Waals surface area contributed by atoms with E-state index in [1.807, 2.05) is 0 Å². The van der Waals surface area contributed by atoms with E-state index in [-0.39, 0.29) is 5.75 Å². The largest absolute Gasteiger partial charge is 0.508 e. The first-order chi connectivity index (χ1) is 4.72. The lowest BCUT2D eigenvalue weighted by Gasteiger charge is -2.04. The third-order valence-electron chi connectivity index (χ3n) is 1.26. The monoisotopic (exact) mass is 156 g/mol. The van der Waals surface area contributed by atoms with Crippen LogP contribution in [0.3, 0.4) is 0 Å². The summed E-state index contributed by atoms with van der Waals surface area (Å²) < 4.78 is 0. The van der Waals surface area contributed by atoms with Crippen LogP contribution in [0, 0.1) is 0 Å². The van der Waals surface area contributed by atoms with E-state index in [2.05, 4.69) is 9.24 Å². The second-order valence-electron chi connectivity index (χ2n) is 2.00. The fourth-order valence-electron chi connectivity index (χ4n) is 0.738. The molecule has 0 amide bonds. The van der Waals surface area contributed by atoms with E-state index in [9.17, 15) is 0 Å². The van der Waals surface area contributed by atoms with Crippen LogP contribution in [0.15, 0.2) is 24.3 Å². The van der Waals surface area contributed by atoms with Crippen LogP contribution in [0.1, 0.15) is 11.4 Å². The highest BCUT2D eigenvalue weighted by molar-refractivity contribution is 7.16. The maximum Gasteiger partial charge on any atom is 0.121 e. The van der Waals surface area contributed by atoms with Crippen molar-refractivity contribution < 1.29 is 10.2 Å². The summed E-state index contributed by atoms with van der Waals surface area (Å²) in [7, 11) is 2.20. The fourth-order valence-corrected chi connectivity index (χ4v) is 1.02. The average molecular weight is 156 g/mol. The molecule has 0 bridgehead atoms. The molecule has 3 heteroatoms. The predicted octanol–water partition coefficient (Wildman–Crippen LogP) is 1.26. The minimum atomic E-state index is -0.679. The molecule has 0 aliphatic rings. The van der Waals surface area contributed by atoms with Crippen molar-refractivity contribution >= 4 is 9.24 Å². The van der Waals surface area contributed by atoms with E-state index >= 15 is 0 Å². The number of hydrogen-bond acceptors (Lipinski definition) is 2. The van der Waals surface area contributed by atoms with Crippen LogP contribution in [-0.2, 0) is 0 Å². The van der Waals surface area contributed by atoms with Gasteiger partial charge in [0.25, 0.3) is 0 Å². The molecule has 10 heavy (non-hydrogen) atoms. The third-order valence-corrected chi connectivity index (χ3v) is 1.61. The Morgan fingerprint density at radius 3 is 2.30 bits per heavy atom. The molecule has 0 aliphatic carbocycles. The molecule has 1 aromatic rings. The van der Waals surface area contributed by atoms with Crippen molar-refractivity contribution in [1.82, 2.24) is 0 Å². The Morgan fingerprint density at radius 1 is 1.30 bits per heavy atom. The molecule has 0 fully saturated rings. The molecule has 0 radical (unpaired) electrons. The van der Waals surface area contributed by atoms with Gasteiger partial charge < -0.3 is 10.2 Å². The Kier molecular flexibility index (Phi) is 2.25. The summed E-state index contributed by atoms with van der Waals surface area (Å²) in [6.07, 6.45) is 0. The van der Waals surface area contributed by atoms with Gasteiger partial charge in [0.15, 0.2) is 0 Å². The van der Waals surface area contributed by atoms with Crippen LogP contribution in [0.4, 0.5) is 0 Å². The van der Waals surface area contributed by atoms with Gasteiger partial charge in [-0.3, -0.25) is 0 Å². The summed E-state index contributed by atoms with van der Waals surface area (Å²) in [6, 6.07) is 6.70. The SMILES string of the molecule is Oc1ccccc1C(O)P. The van der Waals surface area contributed by atoms with Gasteiger partial charge in [-0.1, -0.05) is 18.2 Å². The van der Waals surface area contributed by atoms with Crippen molar-refractivity contribution in [1.29, 1.82) is 0 Å². The summed E-state index contributed by atoms with van der Waals surface area (Å²) in [6.45, 7) is 0. The number of phenols is 1. The average Bonchev–Trinajstić information content (AvgIpc) is 1.88. The standard InChI is InChI=1S/C7H9O2P/c8-6-4-2-1-3-5(6)7(9)10/h1-4,7-9H,10H2. The highest BCUT2D eigenvalue weighted by atomic mass is 31.0. The zero-order valence-electron chi connectivity index (χ0n) is 5.36. The minimum Gasteiger partial charge on any atom is -0.508 e. The summed E-state index contributed by atoms with van der Waals surface area (Å²) in [5.74, 6) is -0.550. The maximum atomic E-state index is 9.11. The first kappa shape index (κ1) is 7.52. The van der Waals surface area contributed by atoms with E-state index in [1.165, 1.54) is 0 Å². The van der Waals surface area contributed by atoms with Crippen LogP contribution in [0.5, 0.6) is 5.75 Å². The number of para-hydroxylation sites is 1. The van der Waals surface area contributed by atoms with Crippen molar-refractivity contribution in [3.05, 3.63) is 29.8 Å². The van der Waals surface area contributed by atoms with Crippen molar-refractivity contribution in [2.24, 2.45) is 0 Å². The Balaban J connectivity index is 3.03. The number of aliphatic hydroxyl groups excluding tert-OH is 1. The van der Waals surface area contributed by atoms with Gasteiger partial charge in [0.2, 0.25) is 0 Å². The number of phenolic OH excluding ortho intramolecular Hbond substituents is 1. The van der Waals surface area contributed by atoms with Crippen LogP contribution >= 0.6 is 9.24 Å². The Morgan fingerprint density at radius 2 is 1.90 bits per heavy atom. The molecular formula is C7H9O2P. The van der Waals surface area contributed by atoms with Crippen LogP contribution in [-0.4, -0.2) is 10.2 Å². The first-order valence-electron chi connectivity index (χ1n) is 2.93. The quantitative estimate of drug-likeness (QED) is 0.601. The molecule has 54 valence electrons. The maximum absolute atomic E-state index is 9.11. The summed E-state index contributed by atoms with van der Waals surface area (Å²) >= 11 is 0. The van der Waals surface area contributed by atoms with Crippen molar-refractivity contribution in [2.75, 3.05) is 0 Å². The van der Waals surface area contributed by atoms with E-state index in [4.69, 9.17) is 10.2 Å². The number of aromatic hydroxyl groups is 1. The molecule has 1 rings (SSSR count). The third kappa shape index (κ3) is 1.47. The van der Waals surface area contributed by atoms with E-state index < -0.39 is 5.85 Å². The first-order valence-corrected chi connectivity index (χ1v) is 3.60. The zero-order valence-corrected chi connectivity index (χ0v) is 6.51. The molecule has 0 saturated heterocycles. The van der Waals surface area contributed by atoms with Gasteiger partial charge in [-0.25, -0.2) is 0 Å². The number of aliphatic hydroxyl groups is 1. The van der Waals surface area contributed by atoms with Crippen molar-refractivity contribution in [3.8, 4) is 5.75 Å². The molecule has 2 N–H and O–H groups in total. The molecule has 0 aliphatic heterocycles. The number of rotatable bonds is 1. The molecule has 0 spiro atoms. The van der Waals surface area contributed by atoms with Gasteiger partial charge in [-0.2, -0.15) is 0 Å². The second kappa shape index (κ2) is 3.00. The lowest BCUT2D eigenvalue weighted by atomic mass is 10.2. The van der Waals surface area contributed by atoms with Crippen LogP contribution in [0.2, 0.25) is 0 Å². The highest BCUT2D eigenvalue weighted by Gasteiger charge is 2.03. The Bertz CT molecular complexity index is 223. The Hall–Kier alpha value is -0.590. The van der Waals surface area contributed by atoms with Gasteiger partial charge in [-0.05, 0) is 6.07 Å². The number of hydrogen-bond donors (Lipinski definition) is 2. The molecule has 0 saturated carbocycles. The van der Waals surface area contributed by atoms with Crippen molar-refractivity contribution in [2.45, 2.75) is 5.85 Å². The fraction of sp³-hybridized carbons (Fsp3) is 0.143. The van der Waals surface area contributed by atoms with Gasteiger partial charge in [0.05, 0.1) is 5.85 Å². The molecule has 0 aromatic heterocycles. The smallest absolute Gasteiger partial charge is 0.121 e. The van der Waals surface area contributed by atoms with Gasteiger partial charge in [0.1, 0.15) is 5.75 Å². The molecule has 2 unspecified atom stereocenters. The topological polar surface area (TPSA) is 40.5 Å². The van der Waals surface area contributed by atoms with E-state index in [0.29, 0.717) is 5.56 Å². The van der Waals surface area contributed by atoms with E-state index in [0.717, 1.165) is 0 Å².